The zero-order chi connectivity index (χ0) is 29.7. The molecule has 0 saturated carbocycles. The predicted octanol–water partition coefficient (Wildman–Crippen LogP) is 5.54. The molecule has 0 spiro atoms. The number of fused-ring (bicyclic) bond motifs is 1. The number of carbonyl (C=O) groups excluding carboxylic acids is 1. The first-order valence-corrected chi connectivity index (χ1v) is 15.8. The molecule has 1 aliphatic heterocycles. The quantitative estimate of drug-likeness (QED) is 0.340. The summed E-state index contributed by atoms with van der Waals surface area (Å²) in [6.45, 7) is 9.98. The number of hydrogen-bond donors (Lipinski definition) is 3. The SMILES string of the molecule is Cc1cc(OCCC(C)(C)O)cc(C)c1-c1cccc2c1CC[C@H]2c1ccc(C2CC(=O)NS(=O)(=O)C2)c(C)c1O. The minimum Gasteiger partial charge on any atom is -0.507 e. The summed E-state index contributed by atoms with van der Waals surface area (Å²) in [7, 11) is -3.68. The highest BCUT2D eigenvalue weighted by molar-refractivity contribution is 7.90. The Morgan fingerprint density at radius 3 is 2.37 bits per heavy atom. The normalized spacial score (nSPS) is 20.0. The fourth-order valence-electron chi connectivity index (χ4n) is 6.53. The van der Waals surface area contributed by atoms with Crippen LogP contribution < -0.4 is 9.46 Å². The van der Waals surface area contributed by atoms with E-state index >= 15 is 0 Å². The van der Waals surface area contributed by atoms with Gasteiger partial charge in [0.1, 0.15) is 11.5 Å². The van der Waals surface area contributed by atoms with Gasteiger partial charge in [-0.05, 0) is 104 Å². The number of nitrogens with one attached hydrogen (secondary N) is 1. The van der Waals surface area contributed by atoms with E-state index in [1.807, 2.05) is 12.1 Å². The first-order chi connectivity index (χ1) is 19.2. The van der Waals surface area contributed by atoms with Crippen molar-refractivity contribution < 1.29 is 28.2 Å². The molecule has 3 N–H and O–H groups in total. The van der Waals surface area contributed by atoms with Gasteiger partial charge >= 0.3 is 0 Å². The fourth-order valence-corrected chi connectivity index (χ4v) is 7.87. The number of phenols is 1. The first-order valence-electron chi connectivity index (χ1n) is 14.2. The largest absolute Gasteiger partial charge is 0.507 e. The molecule has 3 aromatic carbocycles. The number of amides is 1. The van der Waals surface area contributed by atoms with Crippen LogP contribution in [0.2, 0.25) is 0 Å². The van der Waals surface area contributed by atoms with Crippen molar-refractivity contribution in [2.24, 2.45) is 0 Å². The number of hydrogen-bond acceptors (Lipinski definition) is 6. The molecule has 1 heterocycles. The molecule has 3 aromatic rings. The smallest absolute Gasteiger partial charge is 0.235 e. The Bertz CT molecular complexity index is 1600. The average Bonchev–Trinajstić information content (AvgIpc) is 3.28. The van der Waals surface area contributed by atoms with Crippen LogP contribution in [0.25, 0.3) is 11.1 Å². The predicted molar refractivity (Wildman–Crippen MR) is 160 cm³/mol. The van der Waals surface area contributed by atoms with E-state index in [2.05, 4.69) is 48.9 Å². The monoisotopic (exact) mass is 577 g/mol. The fraction of sp³-hybridized carbons (Fsp3) is 0.424. The maximum absolute atomic E-state index is 12.1. The number of rotatable bonds is 7. The molecule has 2 atom stereocenters. The highest BCUT2D eigenvalue weighted by atomic mass is 32.2. The third-order valence-corrected chi connectivity index (χ3v) is 9.85. The van der Waals surface area contributed by atoms with Gasteiger partial charge in [-0.15, -0.1) is 0 Å². The molecular formula is C33H39NO6S. The van der Waals surface area contributed by atoms with Crippen LogP contribution in [0.3, 0.4) is 0 Å². The summed E-state index contributed by atoms with van der Waals surface area (Å²) in [5.41, 5.74) is 8.47. The number of ether oxygens (including phenoxy) is 1. The number of phenolic OH excluding ortho intramolecular Hbond substituents is 1. The molecule has 41 heavy (non-hydrogen) atoms. The maximum Gasteiger partial charge on any atom is 0.235 e. The molecule has 1 aliphatic carbocycles. The van der Waals surface area contributed by atoms with Crippen molar-refractivity contribution in [1.29, 1.82) is 0 Å². The molecule has 0 aromatic heterocycles. The van der Waals surface area contributed by atoms with Gasteiger partial charge in [-0.2, -0.15) is 0 Å². The molecule has 0 bridgehead atoms. The van der Waals surface area contributed by atoms with E-state index in [-0.39, 0.29) is 23.8 Å². The summed E-state index contributed by atoms with van der Waals surface area (Å²) >= 11 is 0. The highest BCUT2D eigenvalue weighted by Crippen LogP contribution is 2.47. The van der Waals surface area contributed by atoms with Crippen molar-refractivity contribution in [3.05, 3.63) is 81.4 Å². The molecule has 8 heteroatoms. The molecule has 5 rings (SSSR count). The van der Waals surface area contributed by atoms with Gasteiger partial charge < -0.3 is 14.9 Å². The van der Waals surface area contributed by atoms with E-state index in [1.165, 1.54) is 22.3 Å². The van der Waals surface area contributed by atoms with Crippen molar-refractivity contribution in [1.82, 2.24) is 4.72 Å². The standard InChI is InChI=1S/C33H39NO6S/c1-19-15-23(40-14-13-33(4,5)37)16-20(2)31(19)28-8-6-7-25-26(28)10-11-27(25)29-12-9-24(21(3)32(29)36)22-17-30(35)34-41(38,39)18-22/h6-9,12,15-16,22,27,36-37H,10-11,13-14,17-18H2,1-5H3,(H,34,35)/t22?,27-/m1/s1. The number of sulfonamides is 1. The number of aryl methyl sites for hydroxylation is 2. The van der Waals surface area contributed by atoms with E-state index in [4.69, 9.17) is 4.74 Å². The number of carbonyl (C=O) groups is 1. The molecule has 2 aliphatic rings. The van der Waals surface area contributed by atoms with Crippen molar-refractivity contribution in [2.75, 3.05) is 12.4 Å². The Labute approximate surface area is 242 Å². The zero-order valence-corrected chi connectivity index (χ0v) is 25.2. The van der Waals surface area contributed by atoms with Gasteiger partial charge in [0.05, 0.1) is 18.0 Å². The summed E-state index contributed by atoms with van der Waals surface area (Å²) in [5, 5.41) is 21.3. The van der Waals surface area contributed by atoms with Crippen LogP contribution in [0.4, 0.5) is 0 Å². The van der Waals surface area contributed by atoms with E-state index in [0.717, 1.165) is 35.3 Å². The lowest BCUT2D eigenvalue weighted by molar-refractivity contribution is -0.119. The van der Waals surface area contributed by atoms with Crippen LogP contribution in [0.15, 0.2) is 42.5 Å². The number of benzene rings is 3. The molecular weight excluding hydrogens is 538 g/mol. The Morgan fingerprint density at radius 2 is 1.71 bits per heavy atom. The van der Waals surface area contributed by atoms with Crippen molar-refractivity contribution in [3.8, 4) is 22.6 Å². The summed E-state index contributed by atoms with van der Waals surface area (Å²) in [6.07, 6.45) is 2.36. The highest BCUT2D eigenvalue weighted by Gasteiger charge is 2.34. The van der Waals surface area contributed by atoms with Crippen LogP contribution in [0.5, 0.6) is 11.5 Å². The van der Waals surface area contributed by atoms with E-state index in [0.29, 0.717) is 24.2 Å². The Morgan fingerprint density at radius 1 is 1.02 bits per heavy atom. The van der Waals surface area contributed by atoms with Gasteiger partial charge in [0.25, 0.3) is 0 Å². The maximum atomic E-state index is 12.1. The van der Waals surface area contributed by atoms with Gasteiger partial charge in [0, 0.05) is 30.2 Å². The van der Waals surface area contributed by atoms with Crippen LogP contribution in [-0.4, -0.2) is 42.5 Å². The van der Waals surface area contributed by atoms with Crippen molar-refractivity contribution in [3.63, 3.8) is 0 Å². The van der Waals surface area contributed by atoms with E-state index in [1.54, 1.807) is 20.8 Å². The Hall–Kier alpha value is -3.36. The first kappa shape index (κ1) is 29.1. The molecule has 218 valence electrons. The van der Waals surface area contributed by atoms with Crippen LogP contribution >= 0.6 is 0 Å². The summed E-state index contributed by atoms with van der Waals surface area (Å²) in [5.74, 6) is -0.182. The molecule has 1 amide bonds. The average molecular weight is 578 g/mol. The van der Waals surface area contributed by atoms with Crippen LogP contribution in [0.1, 0.15) is 83.9 Å². The van der Waals surface area contributed by atoms with Crippen molar-refractivity contribution >= 4 is 15.9 Å². The lowest BCUT2D eigenvalue weighted by Gasteiger charge is -2.25. The van der Waals surface area contributed by atoms with Crippen molar-refractivity contribution in [2.45, 2.75) is 77.7 Å². The summed E-state index contributed by atoms with van der Waals surface area (Å²) in [4.78, 5) is 12.0. The summed E-state index contributed by atoms with van der Waals surface area (Å²) < 4.78 is 32.3. The third-order valence-electron chi connectivity index (χ3n) is 8.47. The van der Waals surface area contributed by atoms with Gasteiger partial charge in [-0.3, -0.25) is 9.52 Å². The lowest BCUT2D eigenvalue weighted by atomic mass is 9.85. The second-order valence-corrected chi connectivity index (χ2v) is 14.0. The van der Waals surface area contributed by atoms with E-state index < -0.39 is 27.4 Å². The zero-order valence-electron chi connectivity index (χ0n) is 24.4. The molecule has 1 fully saturated rings. The van der Waals surface area contributed by atoms with Gasteiger partial charge in [-0.1, -0.05) is 30.3 Å². The molecule has 0 radical (unpaired) electrons. The molecule has 7 nitrogen and oxygen atoms in total. The van der Waals surface area contributed by atoms with Crippen LogP contribution in [-0.2, 0) is 21.2 Å². The molecule has 1 saturated heterocycles. The Balaban J connectivity index is 1.45. The minimum absolute atomic E-state index is 0.0149. The second kappa shape index (κ2) is 10.8. The lowest BCUT2D eigenvalue weighted by Crippen LogP contribution is -2.41. The molecule has 1 unspecified atom stereocenters. The second-order valence-electron chi connectivity index (χ2n) is 12.2. The Kier molecular flexibility index (Phi) is 7.68. The minimum atomic E-state index is -3.68. The summed E-state index contributed by atoms with van der Waals surface area (Å²) in [6, 6.07) is 14.3. The van der Waals surface area contributed by atoms with E-state index in [9.17, 15) is 23.4 Å². The van der Waals surface area contributed by atoms with Gasteiger partial charge in [0.15, 0.2) is 0 Å². The van der Waals surface area contributed by atoms with Gasteiger partial charge in [-0.25, -0.2) is 8.42 Å². The number of aromatic hydroxyl groups is 1. The number of aliphatic hydroxyl groups is 1. The van der Waals surface area contributed by atoms with Crippen LogP contribution in [0, 0.1) is 20.8 Å². The topological polar surface area (TPSA) is 113 Å². The van der Waals surface area contributed by atoms with Gasteiger partial charge in [0.2, 0.25) is 15.9 Å². The third kappa shape index (κ3) is 5.99.